The van der Waals surface area contributed by atoms with Gasteiger partial charge in [0.1, 0.15) is 0 Å². The fourth-order valence-corrected chi connectivity index (χ4v) is 0. The molecule has 0 nitrogen and oxygen atoms in total. The molecular weight excluding hydrogens is 352 g/mol. The SMILES string of the molecule is [Cd].[GeH4].[H-].[H-].[SeH2].[Sr+2]. The van der Waals surface area contributed by atoms with E-state index in [0.29, 0.717) is 0 Å². The zero-order valence-corrected chi connectivity index (χ0v) is 11.5. The van der Waals surface area contributed by atoms with Crippen LogP contribution in [-0.2, 0) is 27.3 Å². The minimum Gasteiger partial charge on any atom is 2.00 e. The van der Waals surface area contributed by atoms with E-state index in [9.17, 15) is 0 Å². The third-order valence-corrected chi connectivity index (χ3v) is 0. The molecule has 0 spiro atoms. The second kappa shape index (κ2) is 16.1. The van der Waals surface area contributed by atoms with Gasteiger partial charge in [-0.15, -0.1) is 0 Å². The summed E-state index contributed by atoms with van der Waals surface area (Å²) in [6.07, 6.45) is 0. The van der Waals surface area contributed by atoms with Crippen molar-refractivity contribution >= 4 is 80.1 Å². The van der Waals surface area contributed by atoms with E-state index in [-0.39, 0.29) is 110 Å². The maximum Gasteiger partial charge on any atom is 2.00 e. The molecule has 0 aromatic carbocycles. The standard InChI is InChI=1S/Cd.GeH4.H2Se.Sr.2H/h;1H4;1H2;;;/q;;;+2;2*-1. The van der Waals surface area contributed by atoms with E-state index < -0.39 is 0 Å². The molecule has 0 saturated carbocycles. The summed E-state index contributed by atoms with van der Waals surface area (Å²) in [5, 5.41) is 0. The number of rotatable bonds is 0. The molecule has 0 unspecified atom stereocenters. The predicted octanol–water partition coefficient (Wildman–Crippen LogP) is -2.53. The summed E-state index contributed by atoms with van der Waals surface area (Å²) in [4.78, 5) is 0. The van der Waals surface area contributed by atoms with Gasteiger partial charge < -0.3 is 2.85 Å². The molecule has 0 saturated heterocycles. The smallest absolute Gasteiger partial charge is 2.00 e. The van der Waals surface area contributed by atoms with E-state index in [1.807, 2.05) is 0 Å². The zero-order valence-electron chi connectivity index (χ0n) is 3.91. The average molecular weight is 360 g/mol. The third-order valence-electron chi connectivity index (χ3n) is 0. The first-order valence-electron chi connectivity index (χ1n) is 0. The van der Waals surface area contributed by atoms with Crippen LogP contribution in [0.4, 0.5) is 0 Å². The Morgan fingerprint density at radius 1 is 1.25 bits per heavy atom. The molecular formula is H8CdGeSeSr. The summed E-state index contributed by atoms with van der Waals surface area (Å²) in [5.74, 6) is 0. The van der Waals surface area contributed by atoms with E-state index in [0.717, 1.165) is 0 Å². The van der Waals surface area contributed by atoms with Crippen LogP contribution in [0.15, 0.2) is 0 Å². The molecule has 0 bridgehead atoms. The molecule has 0 amide bonds. The summed E-state index contributed by atoms with van der Waals surface area (Å²) in [7, 11) is 0. The summed E-state index contributed by atoms with van der Waals surface area (Å²) in [6.45, 7) is 0. The van der Waals surface area contributed by atoms with Gasteiger partial charge in [0.15, 0.2) is 0 Å². The Morgan fingerprint density at radius 2 is 1.25 bits per heavy atom. The molecule has 4 heavy (non-hydrogen) atoms. The van der Waals surface area contributed by atoms with E-state index in [1.165, 1.54) is 0 Å². The Kier molecular flexibility index (Phi) is 104. The second-order valence-electron chi connectivity index (χ2n) is 0. The minimum atomic E-state index is 0. The largest absolute Gasteiger partial charge is 2.00 e. The Bertz CT molecular complexity index is 13.5. The molecule has 4 heteroatoms. The van der Waals surface area contributed by atoms with Crippen LogP contribution in [0.25, 0.3) is 0 Å². The summed E-state index contributed by atoms with van der Waals surface area (Å²) in [5.41, 5.74) is 0. The third kappa shape index (κ3) is 9.07. The molecule has 0 fully saturated rings. The number of hydrogen-bond acceptors (Lipinski definition) is 0. The Hall–Kier alpha value is 3.46. The molecule has 0 aliphatic rings. The van der Waals surface area contributed by atoms with Crippen molar-refractivity contribution in [1.82, 2.24) is 0 Å². The van der Waals surface area contributed by atoms with Crippen molar-refractivity contribution in [1.29, 1.82) is 0 Å². The fourth-order valence-electron chi connectivity index (χ4n) is 0. The Labute approximate surface area is 108 Å². The molecule has 0 aromatic rings. The molecule has 0 heterocycles. The fraction of sp³-hybridized carbons (Fsp3) is 0. The van der Waals surface area contributed by atoms with E-state index >= 15 is 0 Å². The Balaban J connectivity index is 0. The van der Waals surface area contributed by atoms with Crippen molar-refractivity contribution in [2.45, 2.75) is 0 Å². The zero-order chi connectivity index (χ0) is 0. The maximum atomic E-state index is 0. The van der Waals surface area contributed by atoms with Crippen LogP contribution in [0, 0.1) is 0 Å². The molecule has 0 radical (unpaired) electrons. The van der Waals surface area contributed by atoms with Gasteiger partial charge in [0.05, 0.1) is 0 Å². The van der Waals surface area contributed by atoms with E-state index in [2.05, 4.69) is 0 Å². The first-order chi connectivity index (χ1) is 0. The summed E-state index contributed by atoms with van der Waals surface area (Å²) >= 11 is 0. The van der Waals surface area contributed by atoms with Crippen LogP contribution in [0.3, 0.4) is 0 Å². The summed E-state index contributed by atoms with van der Waals surface area (Å²) in [6, 6.07) is 0. The average Bonchev–Trinajstić information content (AvgIpc) is 0. The second-order valence-corrected chi connectivity index (χ2v) is 0. The quantitative estimate of drug-likeness (QED) is 0.419. The molecule has 0 rings (SSSR count). The molecule has 0 aliphatic carbocycles. The van der Waals surface area contributed by atoms with Gasteiger partial charge in [-0.3, -0.25) is 0 Å². The minimum absolute atomic E-state index is 0. The van der Waals surface area contributed by atoms with Crippen LogP contribution in [0.5, 0.6) is 0 Å². The molecule has 22 valence electrons. The van der Waals surface area contributed by atoms with Crippen molar-refractivity contribution in [2.24, 2.45) is 0 Å². The van der Waals surface area contributed by atoms with Gasteiger partial charge in [-0.1, -0.05) is 0 Å². The first kappa shape index (κ1) is 26.0. The van der Waals surface area contributed by atoms with Gasteiger partial charge in [-0.2, -0.15) is 0 Å². The van der Waals surface area contributed by atoms with Gasteiger partial charge >= 0.3 is 80.1 Å². The molecule has 0 aliphatic heterocycles. The van der Waals surface area contributed by atoms with Crippen LogP contribution in [-0.4, -0.2) is 80.1 Å². The molecule has 0 N–H and O–H groups in total. The van der Waals surface area contributed by atoms with Crippen molar-refractivity contribution < 1.29 is 30.2 Å². The topological polar surface area (TPSA) is 0 Å². The van der Waals surface area contributed by atoms with Gasteiger partial charge in [0.25, 0.3) is 0 Å². The molecule has 0 atom stereocenters. The molecule has 0 aromatic heterocycles. The van der Waals surface area contributed by atoms with Gasteiger partial charge in [0, 0.05) is 27.3 Å². The van der Waals surface area contributed by atoms with Crippen molar-refractivity contribution in [2.75, 3.05) is 0 Å². The van der Waals surface area contributed by atoms with Gasteiger partial charge in [0.2, 0.25) is 0 Å². The van der Waals surface area contributed by atoms with Crippen LogP contribution in [0.1, 0.15) is 2.85 Å². The monoisotopic (exact) mass is 364 g/mol. The van der Waals surface area contributed by atoms with E-state index in [4.69, 9.17) is 0 Å². The van der Waals surface area contributed by atoms with E-state index in [1.54, 1.807) is 0 Å². The Morgan fingerprint density at radius 3 is 1.25 bits per heavy atom. The van der Waals surface area contributed by atoms with Crippen LogP contribution in [0.2, 0.25) is 0 Å². The van der Waals surface area contributed by atoms with Gasteiger partial charge in [-0.25, -0.2) is 0 Å². The predicted molar refractivity (Wildman–Crippen MR) is 27.9 cm³/mol. The maximum absolute atomic E-state index is 0. The van der Waals surface area contributed by atoms with Crippen molar-refractivity contribution in [3.63, 3.8) is 0 Å². The number of hydrogen-bond donors (Lipinski definition) is 0. The van der Waals surface area contributed by atoms with Crippen LogP contribution < -0.4 is 0 Å². The van der Waals surface area contributed by atoms with Gasteiger partial charge in [-0.05, 0) is 0 Å². The van der Waals surface area contributed by atoms with Crippen molar-refractivity contribution in [3.05, 3.63) is 0 Å². The van der Waals surface area contributed by atoms with Crippen molar-refractivity contribution in [3.8, 4) is 0 Å². The van der Waals surface area contributed by atoms with Crippen LogP contribution >= 0.6 is 0 Å². The first-order valence-corrected chi connectivity index (χ1v) is 0. The normalized spacial score (nSPS) is 0. The summed E-state index contributed by atoms with van der Waals surface area (Å²) < 4.78 is 0.